The molecule has 1 unspecified atom stereocenters. The molecule has 1 atom stereocenters. The van der Waals surface area contributed by atoms with Crippen LogP contribution in [-0.4, -0.2) is 54.1 Å². The molecule has 82 valence electrons. The summed E-state index contributed by atoms with van der Waals surface area (Å²) in [6, 6.07) is 0.215. The molecule has 1 heterocycles. The number of thiocarbonyl (C=S) groups is 1. The molecule has 3 nitrogen and oxygen atoms in total. The number of rotatable bonds is 5. The molecule has 1 aliphatic rings. The third-order valence-electron chi connectivity index (χ3n) is 3.04. The van der Waals surface area contributed by atoms with Crippen molar-refractivity contribution in [1.29, 1.82) is 0 Å². The molecule has 2 N–H and O–H groups in total. The maximum absolute atomic E-state index is 5.60. The monoisotopic (exact) mass is 215 g/mol. The van der Waals surface area contributed by atoms with E-state index in [9.17, 15) is 0 Å². The highest BCUT2D eigenvalue weighted by Crippen LogP contribution is 2.07. The van der Waals surface area contributed by atoms with E-state index in [-0.39, 0.29) is 6.04 Å². The molecular formula is C10H21N3S. The predicted octanol–water partition coefficient (Wildman–Crippen LogP) is 0.689. The minimum atomic E-state index is 0.215. The van der Waals surface area contributed by atoms with E-state index in [0.29, 0.717) is 4.99 Å². The quantitative estimate of drug-likeness (QED) is 0.684. The van der Waals surface area contributed by atoms with Gasteiger partial charge in [-0.15, -0.1) is 0 Å². The summed E-state index contributed by atoms with van der Waals surface area (Å²) in [7, 11) is 2.08. The fourth-order valence-corrected chi connectivity index (χ4v) is 1.90. The van der Waals surface area contributed by atoms with Crippen molar-refractivity contribution in [3.05, 3.63) is 0 Å². The zero-order chi connectivity index (χ0) is 10.6. The van der Waals surface area contributed by atoms with Gasteiger partial charge in [0.15, 0.2) is 0 Å². The van der Waals surface area contributed by atoms with Crippen LogP contribution in [0.2, 0.25) is 0 Å². The van der Waals surface area contributed by atoms with Crippen LogP contribution < -0.4 is 5.73 Å². The third-order valence-corrected chi connectivity index (χ3v) is 3.38. The van der Waals surface area contributed by atoms with Crippen LogP contribution in [0.15, 0.2) is 0 Å². The number of likely N-dealkylation sites (tertiary alicyclic amines) is 1. The third kappa shape index (κ3) is 3.52. The van der Waals surface area contributed by atoms with E-state index >= 15 is 0 Å². The van der Waals surface area contributed by atoms with Crippen LogP contribution in [0.25, 0.3) is 0 Å². The normalized spacial score (nSPS) is 20.2. The number of hydrogen-bond donors (Lipinski definition) is 1. The Bertz CT molecular complexity index is 190. The van der Waals surface area contributed by atoms with E-state index in [1.807, 2.05) is 0 Å². The van der Waals surface area contributed by atoms with E-state index < -0.39 is 0 Å². The fraction of sp³-hybridized carbons (Fsp3) is 0.900. The smallest absolute Gasteiger partial charge is 0.0899 e. The van der Waals surface area contributed by atoms with Crippen molar-refractivity contribution >= 4 is 17.2 Å². The zero-order valence-electron chi connectivity index (χ0n) is 9.20. The van der Waals surface area contributed by atoms with Gasteiger partial charge in [0.25, 0.3) is 0 Å². The highest BCUT2D eigenvalue weighted by molar-refractivity contribution is 7.80. The van der Waals surface area contributed by atoms with Crippen molar-refractivity contribution in [1.82, 2.24) is 9.80 Å². The Balaban J connectivity index is 2.19. The molecule has 0 aromatic rings. The van der Waals surface area contributed by atoms with E-state index in [2.05, 4.69) is 23.8 Å². The van der Waals surface area contributed by atoms with Crippen molar-refractivity contribution < 1.29 is 0 Å². The topological polar surface area (TPSA) is 32.5 Å². The molecule has 0 amide bonds. The van der Waals surface area contributed by atoms with Crippen LogP contribution in [0.4, 0.5) is 0 Å². The predicted molar refractivity (Wildman–Crippen MR) is 64.6 cm³/mol. The number of nitrogens with zero attached hydrogens (tertiary/aromatic N) is 2. The van der Waals surface area contributed by atoms with E-state index in [1.165, 1.54) is 25.9 Å². The maximum atomic E-state index is 5.60. The Kier molecular flexibility index (Phi) is 4.78. The van der Waals surface area contributed by atoms with Crippen LogP contribution in [0.3, 0.4) is 0 Å². The second kappa shape index (κ2) is 5.63. The first-order valence-electron chi connectivity index (χ1n) is 5.33. The Hall–Kier alpha value is -0.190. The molecule has 0 saturated carbocycles. The molecule has 0 aromatic heterocycles. The summed E-state index contributed by atoms with van der Waals surface area (Å²) in [4.78, 5) is 5.32. The molecule has 1 aliphatic heterocycles. The SMILES string of the molecule is CC(C(N)=S)N(C)CCN1CCCC1. The number of hydrogen-bond acceptors (Lipinski definition) is 3. The molecule has 1 saturated heterocycles. The molecule has 0 bridgehead atoms. The van der Waals surface area contributed by atoms with Crippen molar-refractivity contribution in [2.45, 2.75) is 25.8 Å². The average molecular weight is 215 g/mol. The van der Waals surface area contributed by atoms with Crippen LogP contribution >= 0.6 is 12.2 Å². The molecule has 0 aromatic carbocycles. The Labute approximate surface area is 92.2 Å². The van der Waals surface area contributed by atoms with Gasteiger partial charge in [0, 0.05) is 13.1 Å². The lowest BCUT2D eigenvalue weighted by Crippen LogP contribution is -2.42. The molecule has 0 radical (unpaired) electrons. The Morgan fingerprint density at radius 3 is 2.57 bits per heavy atom. The molecule has 1 fully saturated rings. The molecular weight excluding hydrogens is 194 g/mol. The summed E-state index contributed by atoms with van der Waals surface area (Å²) in [5.41, 5.74) is 5.60. The van der Waals surface area contributed by atoms with Gasteiger partial charge in [-0.1, -0.05) is 12.2 Å². The first-order chi connectivity index (χ1) is 6.61. The highest BCUT2D eigenvalue weighted by Gasteiger charge is 2.15. The summed E-state index contributed by atoms with van der Waals surface area (Å²) in [5.74, 6) is 0. The van der Waals surface area contributed by atoms with Gasteiger partial charge in [-0.25, -0.2) is 0 Å². The van der Waals surface area contributed by atoms with Crippen LogP contribution in [0.1, 0.15) is 19.8 Å². The molecule has 0 spiro atoms. The minimum absolute atomic E-state index is 0.215. The standard InChI is InChI=1S/C10H21N3S/c1-9(10(11)14)12(2)7-8-13-5-3-4-6-13/h9H,3-8H2,1-2H3,(H2,11,14). The van der Waals surface area contributed by atoms with Crippen LogP contribution in [-0.2, 0) is 0 Å². The largest absolute Gasteiger partial charge is 0.392 e. The molecule has 14 heavy (non-hydrogen) atoms. The summed E-state index contributed by atoms with van der Waals surface area (Å²) < 4.78 is 0. The van der Waals surface area contributed by atoms with Gasteiger partial charge in [-0.2, -0.15) is 0 Å². The zero-order valence-corrected chi connectivity index (χ0v) is 10.0. The maximum Gasteiger partial charge on any atom is 0.0899 e. The summed E-state index contributed by atoms with van der Waals surface area (Å²) >= 11 is 4.97. The van der Waals surface area contributed by atoms with E-state index in [4.69, 9.17) is 18.0 Å². The first kappa shape index (κ1) is 11.9. The lowest BCUT2D eigenvalue weighted by Gasteiger charge is -2.26. The van der Waals surface area contributed by atoms with Gasteiger partial charge in [-0.3, -0.25) is 4.90 Å². The van der Waals surface area contributed by atoms with Gasteiger partial charge in [-0.05, 0) is 39.9 Å². The van der Waals surface area contributed by atoms with Crippen molar-refractivity contribution in [3.8, 4) is 0 Å². The van der Waals surface area contributed by atoms with Gasteiger partial charge in [0.05, 0.1) is 11.0 Å². The van der Waals surface area contributed by atoms with Crippen molar-refractivity contribution in [2.75, 3.05) is 33.2 Å². The minimum Gasteiger partial charge on any atom is -0.392 e. The Morgan fingerprint density at radius 2 is 2.07 bits per heavy atom. The highest BCUT2D eigenvalue weighted by atomic mass is 32.1. The summed E-state index contributed by atoms with van der Waals surface area (Å²) in [5, 5.41) is 0. The van der Waals surface area contributed by atoms with Gasteiger partial charge in [0.1, 0.15) is 0 Å². The fourth-order valence-electron chi connectivity index (χ4n) is 1.72. The van der Waals surface area contributed by atoms with Crippen LogP contribution in [0.5, 0.6) is 0 Å². The van der Waals surface area contributed by atoms with Crippen molar-refractivity contribution in [2.24, 2.45) is 5.73 Å². The van der Waals surface area contributed by atoms with E-state index in [0.717, 1.165) is 13.1 Å². The second-order valence-corrected chi connectivity index (χ2v) is 4.58. The van der Waals surface area contributed by atoms with Gasteiger partial charge >= 0.3 is 0 Å². The number of likely N-dealkylation sites (N-methyl/N-ethyl adjacent to an activating group) is 1. The molecule has 0 aliphatic carbocycles. The molecule has 1 rings (SSSR count). The number of nitrogens with two attached hydrogens (primary N) is 1. The average Bonchev–Trinajstić information content (AvgIpc) is 2.65. The first-order valence-corrected chi connectivity index (χ1v) is 5.74. The van der Waals surface area contributed by atoms with Gasteiger partial charge in [0.2, 0.25) is 0 Å². The Morgan fingerprint density at radius 1 is 1.50 bits per heavy atom. The van der Waals surface area contributed by atoms with Crippen molar-refractivity contribution in [3.63, 3.8) is 0 Å². The van der Waals surface area contributed by atoms with Gasteiger partial charge < -0.3 is 10.6 Å². The second-order valence-electron chi connectivity index (χ2n) is 4.11. The van der Waals surface area contributed by atoms with E-state index in [1.54, 1.807) is 0 Å². The summed E-state index contributed by atoms with van der Waals surface area (Å²) in [6.45, 7) is 6.78. The van der Waals surface area contributed by atoms with Crippen LogP contribution in [0, 0.1) is 0 Å². The lowest BCUT2D eigenvalue weighted by molar-refractivity contribution is 0.245. The molecule has 4 heteroatoms. The lowest BCUT2D eigenvalue weighted by atomic mass is 10.3. The summed E-state index contributed by atoms with van der Waals surface area (Å²) in [6.07, 6.45) is 2.71.